The van der Waals surface area contributed by atoms with Gasteiger partial charge in [0.25, 0.3) is 11.8 Å². The quantitative estimate of drug-likeness (QED) is 0.712. The number of nitrogens with one attached hydrogen (secondary N) is 2. The molecule has 0 aliphatic rings. The normalized spacial score (nSPS) is 10.4. The number of methoxy groups -OCH3 is 2. The van der Waals surface area contributed by atoms with Crippen LogP contribution in [0.4, 0.5) is 5.69 Å². The lowest BCUT2D eigenvalue weighted by Crippen LogP contribution is -2.24. The van der Waals surface area contributed by atoms with E-state index in [0.29, 0.717) is 18.9 Å². The highest BCUT2D eigenvalue weighted by Crippen LogP contribution is 2.23. The van der Waals surface area contributed by atoms with E-state index in [1.165, 1.54) is 37.3 Å². The van der Waals surface area contributed by atoms with Gasteiger partial charge in [0, 0.05) is 20.4 Å². The van der Waals surface area contributed by atoms with Gasteiger partial charge in [-0.1, -0.05) is 11.6 Å². The lowest BCUT2D eigenvalue weighted by molar-refractivity contribution is 0.0963. The first-order chi connectivity index (χ1) is 12.0. The van der Waals surface area contributed by atoms with Crippen LogP contribution < -0.4 is 15.4 Å². The fourth-order valence-corrected chi connectivity index (χ4v) is 2.28. The maximum atomic E-state index is 12.7. The molecule has 0 aliphatic heterocycles. The Morgan fingerprint density at radius 1 is 1.28 bits per heavy atom. The second-order valence-electron chi connectivity index (χ2n) is 4.86. The first-order valence-electron chi connectivity index (χ1n) is 7.29. The third-order valence-corrected chi connectivity index (χ3v) is 3.55. The van der Waals surface area contributed by atoms with Gasteiger partial charge in [0.15, 0.2) is 11.4 Å². The van der Waals surface area contributed by atoms with Crippen molar-refractivity contribution in [2.45, 2.75) is 6.54 Å². The van der Waals surface area contributed by atoms with Crippen LogP contribution in [-0.2, 0) is 11.3 Å². The van der Waals surface area contributed by atoms with Crippen molar-refractivity contribution in [2.75, 3.05) is 33.2 Å². The molecule has 0 unspecified atom stereocenters. The summed E-state index contributed by atoms with van der Waals surface area (Å²) in [6.07, 6.45) is 2.72. The van der Waals surface area contributed by atoms with Crippen LogP contribution in [0.3, 0.4) is 0 Å². The van der Waals surface area contributed by atoms with Gasteiger partial charge in [-0.3, -0.25) is 14.3 Å². The van der Waals surface area contributed by atoms with E-state index in [4.69, 9.17) is 21.1 Å². The number of ether oxygens (including phenoxy) is 2. The van der Waals surface area contributed by atoms with Gasteiger partial charge in [0.05, 0.1) is 37.7 Å². The molecule has 0 saturated carbocycles. The fraction of sp³-hybridized carbons (Fsp3) is 0.333. The van der Waals surface area contributed by atoms with E-state index in [-0.39, 0.29) is 22.1 Å². The minimum Gasteiger partial charge on any atom is -0.493 e. The van der Waals surface area contributed by atoms with E-state index in [9.17, 15) is 9.59 Å². The molecule has 2 rings (SSSR count). The number of rotatable bonds is 7. The number of anilines is 1. The summed E-state index contributed by atoms with van der Waals surface area (Å²) in [6.45, 7) is 0.734. The Hall–Kier alpha value is -2.65. The number of aromatic nitrogens is 3. The minimum atomic E-state index is -0.502. The summed E-state index contributed by atoms with van der Waals surface area (Å²) >= 11 is 5.88. The molecular weight excluding hydrogens is 350 g/mol. The Kier molecular flexibility index (Phi) is 6.31. The molecule has 0 saturated heterocycles. The van der Waals surface area contributed by atoms with Crippen molar-refractivity contribution in [1.29, 1.82) is 0 Å². The Morgan fingerprint density at radius 2 is 2.04 bits per heavy atom. The zero-order valence-corrected chi connectivity index (χ0v) is 14.8. The van der Waals surface area contributed by atoms with Crippen molar-refractivity contribution in [1.82, 2.24) is 20.1 Å². The summed E-state index contributed by atoms with van der Waals surface area (Å²) in [4.78, 5) is 28.5. The van der Waals surface area contributed by atoms with E-state index < -0.39 is 11.8 Å². The first kappa shape index (κ1) is 18.7. The summed E-state index contributed by atoms with van der Waals surface area (Å²) in [5.74, 6) is -0.604. The maximum absolute atomic E-state index is 12.7. The summed E-state index contributed by atoms with van der Waals surface area (Å²) in [5, 5.41) is 9.39. The molecule has 0 spiro atoms. The van der Waals surface area contributed by atoms with Crippen molar-refractivity contribution >= 4 is 29.1 Å². The second-order valence-corrected chi connectivity index (χ2v) is 5.25. The number of pyridine rings is 1. The van der Waals surface area contributed by atoms with E-state index in [1.54, 1.807) is 7.11 Å². The van der Waals surface area contributed by atoms with Crippen LogP contribution in [0.2, 0.25) is 5.15 Å². The van der Waals surface area contributed by atoms with Crippen molar-refractivity contribution in [3.05, 3.63) is 34.9 Å². The number of carbonyl (C=O) groups excluding carboxylic acids is 2. The molecule has 10 heteroatoms. The summed E-state index contributed by atoms with van der Waals surface area (Å²) in [6, 6.07) is 1.40. The monoisotopic (exact) mass is 367 g/mol. The van der Waals surface area contributed by atoms with E-state index in [1.807, 2.05) is 0 Å². The Balaban J connectivity index is 2.36. The molecule has 0 bridgehead atoms. The van der Waals surface area contributed by atoms with E-state index >= 15 is 0 Å². The molecule has 2 amide bonds. The Labute approximate surface area is 149 Å². The SMILES string of the molecule is CNC(=O)c1cnc(Cl)cc1NC(=O)c1c(OC)cnn1CCOC. The van der Waals surface area contributed by atoms with Crippen LogP contribution in [0.1, 0.15) is 20.8 Å². The number of hydrogen-bond acceptors (Lipinski definition) is 6. The molecule has 9 nitrogen and oxygen atoms in total. The standard InChI is InChI=1S/C15H18ClN5O4/c1-17-14(22)9-7-18-12(16)6-10(9)20-15(23)13-11(25-3)8-19-21(13)4-5-24-2/h6-8H,4-5H2,1-3H3,(H,17,22)(H,18,20,23). The molecule has 0 aliphatic carbocycles. The molecule has 2 aromatic rings. The van der Waals surface area contributed by atoms with Crippen molar-refractivity contribution < 1.29 is 19.1 Å². The van der Waals surface area contributed by atoms with Crippen molar-refractivity contribution in [2.24, 2.45) is 0 Å². The largest absolute Gasteiger partial charge is 0.493 e. The summed E-state index contributed by atoms with van der Waals surface area (Å²) < 4.78 is 11.7. The maximum Gasteiger partial charge on any atom is 0.277 e. The predicted octanol–water partition coefficient (Wildman–Crippen LogP) is 1.20. The van der Waals surface area contributed by atoms with Crippen LogP contribution in [0, 0.1) is 0 Å². The molecule has 0 aromatic carbocycles. The number of nitrogens with zero attached hydrogens (tertiary/aromatic N) is 3. The van der Waals surface area contributed by atoms with Gasteiger partial charge in [-0.25, -0.2) is 4.98 Å². The van der Waals surface area contributed by atoms with Gasteiger partial charge < -0.3 is 20.1 Å². The minimum absolute atomic E-state index is 0.141. The van der Waals surface area contributed by atoms with E-state index in [2.05, 4.69) is 20.7 Å². The smallest absolute Gasteiger partial charge is 0.277 e. The topological polar surface area (TPSA) is 107 Å². The number of amides is 2. The van der Waals surface area contributed by atoms with Crippen LogP contribution >= 0.6 is 11.6 Å². The van der Waals surface area contributed by atoms with Gasteiger partial charge in [-0.05, 0) is 6.07 Å². The molecule has 134 valence electrons. The highest BCUT2D eigenvalue weighted by Gasteiger charge is 2.22. The van der Waals surface area contributed by atoms with Gasteiger partial charge in [0.2, 0.25) is 0 Å². The fourth-order valence-electron chi connectivity index (χ4n) is 2.12. The number of carbonyl (C=O) groups is 2. The van der Waals surface area contributed by atoms with E-state index in [0.717, 1.165) is 0 Å². The molecule has 0 atom stereocenters. The Morgan fingerprint density at radius 3 is 2.68 bits per heavy atom. The van der Waals surface area contributed by atoms with Crippen LogP contribution in [0.5, 0.6) is 5.75 Å². The van der Waals surface area contributed by atoms with Crippen molar-refractivity contribution in [3.63, 3.8) is 0 Å². The van der Waals surface area contributed by atoms with Gasteiger partial charge >= 0.3 is 0 Å². The highest BCUT2D eigenvalue weighted by molar-refractivity contribution is 6.30. The van der Waals surface area contributed by atoms with Crippen LogP contribution in [0.25, 0.3) is 0 Å². The molecule has 2 heterocycles. The van der Waals surface area contributed by atoms with Crippen LogP contribution in [0.15, 0.2) is 18.5 Å². The zero-order chi connectivity index (χ0) is 18.4. The first-order valence-corrected chi connectivity index (χ1v) is 7.67. The highest BCUT2D eigenvalue weighted by atomic mass is 35.5. The third kappa shape index (κ3) is 4.25. The number of halogens is 1. The lowest BCUT2D eigenvalue weighted by Gasteiger charge is -2.12. The average molecular weight is 368 g/mol. The van der Waals surface area contributed by atoms with Crippen LogP contribution in [-0.4, -0.2) is 54.5 Å². The zero-order valence-electron chi connectivity index (χ0n) is 14.0. The van der Waals surface area contributed by atoms with Crippen molar-refractivity contribution in [3.8, 4) is 5.75 Å². The summed E-state index contributed by atoms with van der Waals surface area (Å²) in [5.41, 5.74) is 0.614. The average Bonchev–Trinajstić information content (AvgIpc) is 3.02. The molecular formula is C15H18ClN5O4. The molecule has 0 fully saturated rings. The lowest BCUT2D eigenvalue weighted by atomic mass is 10.2. The molecule has 0 radical (unpaired) electrons. The predicted molar refractivity (Wildman–Crippen MR) is 91.2 cm³/mol. The molecule has 25 heavy (non-hydrogen) atoms. The molecule has 2 N–H and O–H groups in total. The second kappa shape index (κ2) is 8.45. The van der Waals surface area contributed by atoms with Gasteiger partial charge in [-0.15, -0.1) is 0 Å². The molecule has 2 aromatic heterocycles. The van der Waals surface area contributed by atoms with Gasteiger partial charge in [0.1, 0.15) is 5.15 Å². The summed E-state index contributed by atoms with van der Waals surface area (Å²) in [7, 11) is 4.47. The third-order valence-electron chi connectivity index (χ3n) is 3.34. The Bertz CT molecular complexity index is 777. The number of hydrogen-bond donors (Lipinski definition) is 2. The van der Waals surface area contributed by atoms with Gasteiger partial charge in [-0.2, -0.15) is 5.10 Å².